The second-order valence-corrected chi connectivity index (χ2v) is 11.9. The summed E-state index contributed by atoms with van der Waals surface area (Å²) in [6.07, 6.45) is 1.15. The largest absolute Gasteiger partial charge is 0.459 e. The zero-order valence-corrected chi connectivity index (χ0v) is 22.7. The molecule has 2 aromatic carbocycles. The lowest BCUT2D eigenvalue weighted by Crippen LogP contribution is -2.51. The summed E-state index contributed by atoms with van der Waals surface area (Å²) < 4.78 is 42.5. The zero-order chi connectivity index (χ0) is 27.2. The number of hydrogen-bond acceptors (Lipinski definition) is 5. The molecule has 0 aliphatic carbocycles. The van der Waals surface area contributed by atoms with Crippen LogP contribution in [0.3, 0.4) is 0 Å². The highest BCUT2D eigenvalue weighted by atomic mass is 35.5. The monoisotopic (exact) mass is 550 g/mol. The summed E-state index contributed by atoms with van der Waals surface area (Å²) in [6, 6.07) is 8.93. The Morgan fingerprint density at radius 1 is 1.24 bits per heavy atom. The molecule has 0 unspecified atom stereocenters. The van der Waals surface area contributed by atoms with Crippen molar-refractivity contribution in [2.24, 2.45) is 5.41 Å². The number of nitrogens with zero attached hydrogens (tertiary/aromatic N) is 1. The third kappa shape index (κ3) is 4.97. The van der Waals surface area contributed by atoms with Crippen LogP contribution in [0.15, 0.2) is 36.4 Å². The molecule has 2 aliphatic heterocycles. The van der Waals surface area contributed by atoms with Gasteiger partial charge in [0.05, 0.1) is 24.3 Å². The van der Waals surface area contributed by atoms with Crippen molar-refractivity contribution in [3.05, 3.63) is 69.2 Å². The van der Waals surface area contributed by atoms with Gasteiger partial charge in [0.25, 0.3) is 0 Å². The van der Waals surface area contributed by atoms with Crippen LogP contribution in [0.4, 0.5) is 8.78 Å². The summed E-state index contributed by atoms with van der Waals surface area (Å²) in [4.78, 5) is 13.6. The van der Waals surface area contributed by atoms with E-state index in [0.29, 0.717) is 19.6 Å². The van der Waals surface area contributed by atoms with E-state index in [1.807, 2.05) is 6.92 Å². The fourth-order valence-electron chi connectivity index (χ4n) is 5.58. The minimum atomic E-state index is -1.69. The number of ether oxygens (including phenoxy) is 2. The van der Waals surface area contributed by atoms with Gasteiger partial charge in [-0.3, -0.25) is 10.1 Å². The van der Waals surface area contributed by atoms with Crippen molar-refractivity contribution in [3.8, 4) is 6.07 Å². The van der Waals surface area contributed by atoms with Crippen LogP contribution in [0.2, 0.25) is 10.0 Å². The van der Waals surface area contributed by atoms with Gasteiger partial charge in [0.1, 0.15) is 28.7 Å². The number of esters is 1. The molecule has 4 atom stereocenters. The Hall–Kier alpha value is -2.24. The van der Waals surface area contributed by atoms with E-state index < -0.39 is 46.6 Å². The Balaban J connectivity index is 1.99. The molecule has 2 saturated heterocycles. The van der Waals surface area contributed by atoms with Crippen LogP contribution in [0.1, 0.15) is 57.6 Å². The number of benzene rings is 2. The molecular weight excluding hydrogens is 521 g/mol. The Bertz CT molecular complexity index is 1230. The molecular formula is C28H30Cl2F2N2O3. The Morgan fingerprint density at radius 3 is 2.49 bits per heavy atom. The van der Waals surface area contributed by atoms with Crippen LogP contribution in [0, 0.1) is 28.4 Å². The topological polar surface area (TPSA) is 71.3 Å². The van der Waals surface area contributed by atoms with Crippen molar-refractivity contribution in [1.82, 2.24) is 5.32 Å². The van der Waals surface area contributed by atoms with Gasteiger partial charge in [0, 0.05) is 28.0 Å². The van der Waals surface area contributed by atoms with Gasteiger partial charge in [-0.25, -0.2) is 8.78 Å². The van der Waals surface area contributed by atoms with Crippen molar-refractivity contribution in [1.29, 1.82) is 5.26 Å². The summed E-state index contributed by atoms with van der Waals surface area (Å²) in [5, 5.41) is 14.2. The molecule has 0 amide bonds. The highest BCUT2D eigenvalue weighted by Gasteiger charge is 2.63. The van der Waals surface area contributed by atoms with Gasteiger partial charge in [-0.2, -0.15) is 5.26 Å². The highest BCUT2D eigenvalue weighted by Crippen LogP contribution is 2.54. The molecule has 37 heavy (non-hydrogen) atoms. The van der Waals surface area contributed by atoms with Crippen LogP contribution in [-0.2, 0) is 19.7 Å². The molecule has 9 heteroatoms. The number of hydrogen-bond donors (Lipinski definition) is 1. The van der Waals surface area contributed by atoms with Gasteiger partial charge < -0.3 is 9.47 Å². The second-order valence-electron chi connectivity index (χ2n) is 11.0. The van der Waals surface area contributed by atoms with Gasteiger partial charge >= 0.3 is 5.97 Å². The maximum Gasteiger partial charge on any atom is 0.324 e. The maximum atomic E-state index is 15.7. The number of nitriles is 1. The van der Waals surface area contributed by atoms with Crippen LogP contribution in [0.25, 0.3) is 0 Å². The average molecular weight is 551 g/mol. The van der Waals surface area contributed by atoms with E-state index in [9.17, 15) is 10.1 Å². The molecule has 4 rings (SSSR count). The quantitative estimate of drug-likeness (QED) is 0.426. The van der Waals surface area contributed by atoms with E-state index in [2.05, 4.69) is 11.4 Å². The smallest absolute Gasteiger partial charge is 0.324 e. The number of carbonyl (C=O) groups excluding carboxylic acids is 1. The van der Waals surface area contributed by atoms with Crippen molar-refractivity contribution in [3.63, 3.8) is 0 Å². The molecule has 2 aromatic rings. The lowest BCUT2D eigenvalue weighted by atomic mass is 9.61. The minimum Gasteiger partial charge on any atom is -0.459 e. The standard InChI is InChI=1S/C28H30Cl2F2N2O3/c1-5-27(14-36-15-27)12-21-28(13-33,18-10-9-16(29)11-20(18)31)22(17-7-6-8-19(30)23(17)32)24(34-21)25(35)37-26(2,3)4/h6-11,21-22,24,34H,5,12,14-15H2,1-4H3/t21-,22-,24+,28-/m0/s1. The number of carbonyl (C=O) groups is 1. The molecule has 5 nitrogen and oxygen atoms in total. The van der Waals surface area contributed by atoms with Gasteiger partial charge in [-0.1, -0.05) is 48.3 Å². The molecule has 2 heterocycles. The second kappa shape index (κ2) is 10.1. The third-order valence-electron chi connectivity index (χ3n) is 7.50. The number of rotatable bonds is 6. The molecule has 2 fully saturated rings. The Morgan fingerprint density at radius 2 is 1.95 bits per heavy atom. The van der Waals surface area contributed by atoms with Crippen LogP contribution < -0.4 is 5.32 Å². The van der Waals surface area contributed by atoms with E-state index >= 15 is 8.78 Å². The normalized spacial score (nSPS) is 26.8. The molecule has 0 aromatic heterocycles. The van der Waals surface area contributed by atoms with Gasteiger partial charge in [-0.05, 0) is 57.4 Å². The van der Waals surface area contributed by atoms with Gasteiger partial charge in [0.2, 0.25) is 0 Å². The average Bonchev–Trinajstić information content (AvgIpc) is 3.11. The number of halogens is 4. The fourth-order valence-corrected chi connectivity index (χ4v) is 5.92. The van der Waals surface area contributed by atoms with Crippen molar-refractivity contribution in [2.45, 2.75) is 69.6 Å². The third-order valence-corrected chi connectivity index (χ3v) is 8.02. The SMILES string of the molecule is CCC1(C[C@@H]2N[C@@H](C(=O)OC(C)(C)C)[C@H](c3cccc(Cl)c3F)[C@@]2(C#N)c2ccc(Cl)cc2F)COC1. The molecule has 0 radical (unpaired) electrons. The molecule has 1 N–H and O–H groups in total. The number of nitrogens with one attached hydrogen (secondary N) is 1. The summed E-state index contributed by atoms with van der Waals surface area (Å²) in [5.74, 6) is -3.30. The Kier molecular flexibility index (Phi) is 7.62. The molecule has 0 bridgehead atoms. The van der Waals surface area contributed by atoms with Gasteiger partial charge in [-0.15, -0.1) is 0 Å². The van der Waals surface area contributed by atoms with Crippen molar-refractivity contribution >= 4 is 29.2 Å². The van der Waals surface area contributed by atoms with Gasteiger partial charge in [0.15, 0.2) is 0 Å². The first kappa shape index (κ1) is 27.8. The summed E-state index contributed by atoms with van der Waals surface area (Å²) >= 11 is 12.2. The first-order valence-corrected chi connectivity index (χ1v) is 13.0. The predicted octanol–water partition coefficient (Wildman–Crippen LogP) is 6.32. The van der Waals surface area contributed by atoms with E-state index in [1.165, 1.54) is 24.3 Å². The van der Waals surface area contributed by atoms with Crippen molar-refractivity contribution < 1.29 is 23.0 Å². The van der Waals surface area contributed by atoms with Crippen LogP contribution >= 0.6 is 23.2 Å². The molecule has 0 saturated carbocycles. The van der Waals surface area contributed by atoms with E-state index in [-0.39, 0.29) is 26.6 Å². The lowest BCUT2D eigenvalue weighted by molar-refractivity contribution is -0.157. The zero-order valence-electron chi connectivity index (χ0n) is 21.2. The molecule has 198 valence electrons. The van der Waals surface area contributed by atoms with Crippen LogP contribution in [0.5, 0.6) is 0 Å². The molecule has 0 spiro atoms. The van der Waals surface area contributed by atoms with E-state index in [1.54, 1.807) is 26.8 Å². The summed E-state index contributed by atoms with van der Waals surface area (Å²) in [6.45, 7) is 8.13. The van der Waals surface area contributed by atoms with Crippen molar-refractivity contribution in [2.75, 3.05) is 13.2 Å². The first-order chi connectivity index (χ1) is 17.4. The lowest BCUT2D eigenvalue weighted by Gasteiger charge is -2.45. The minimum absolute atomic E-state index is 0.0267. The first-order valence-electron chi connectivity index (χ1n) is 12.2. The van der Waals surface area contributed by atoms with Crippen LogP contribution in [-0.4, -0.2) is 36.9 Å². The Labute approximate surface area is 226 Å². The summed E-state index contributed by atoms with van der Waals surface area (Å²) in [7, 11) is 0. The van der Waals surface area contributed by atoms with E-state index in [0.717, 1.165) is 12.5 Å². The molecule has 2 aliphatic rings. The highest BCUT2D eigenvalue weighted by molar-refractivity contribution is 6.31. The predicted molar refractivity (Wildman–Crippen MR) is 138 cm³/mol. The summed E-state index contributed by atoms with van der Waals surface area (Å²) in [5.41, 5.74) is -2.76. The maximum absolute atomic E-state index is 15.7. The fraction of sp³-hybridized carbons (Fsp3) is 0.500. The van der Waals surface area contributed by atoms with E-state index in [4.69, 9.17) is 32.7 Å².